The maximum absolute atomic E-state index is 13.0. The van der Waals surface area contributed by atoms with Crippen LogP contribution in [0.1, 0.15) is 52.8 Å². The number of benzene rings is 3. The molecule has 1 aliphatic rings. The van der Waals surface area contributed by atoms with Crippen LogP contribution in [0.15, 0.2) is 100 Å². The van der Waals surface area contributed by atoms with Gasteiger partial charge in [-0.15, -0.1) is 0 Å². The van der Waals surface area contributed by atoms with Gasteiger partial charge in [-0.25, -0.2) is 9.59 Å². The van der Waals surface area contributed by atoms with Crippen LogP contribution in [0, 0.1) is 13.8 Å². The van der Waals surface area contributed by atoms with Crippen molar-refractivity contribution >= 4 is 16.9 Å². The van der Waals surface area contributed by atoms with Crippen molar-refractivity contribution < 1.29 is 38.0 Å². The molecule has 3 heterocycles. The molecule has 0 aliphatic carbocycles. The summed E-state index contributed by atoms with van der Waals surface area (Å²) in [6.45, 7) is 7.07. The van der Waals surface area contributed by atoms with Gasteiger partial charge in [-0.05, 0) is 63.1 Å². The zero-order valence-electron chi connectivity index (χ0n) is 26.8. The Bertz CT molecular complexity index is 1880. The number of rotatable bonds is 9. The molecule has 1 unspecified atom stereocenters. The number of hydrogen-bond donors (Lipinski definition) is 2. The van der Waals surface area contributed by atoms with Crippen LogP contribution in [-0.4, -0.2) is 53.4 Å². The summed E-state index contributed by atoms with van der Waals surface area (Å²) in [4.78, 5) is 28.8. The normalized spacial score (nSPS) is 20.7. The summed E-state index contributed by atoms with van der Waals surface area (Å²) in [5.74, 6) is -0.0180. The summed E-state index contributed by atoms with van der Waals surface area (Å²) in [5, 5.41) is 12.0. The lowest BCUT2D eigenvalue weighted by atomic mass is 9.89. The Morgan fingerprint density at radius 2 is 1.57 bits per heavy atom. The minimum atomic E-state index is -1.43. The molecule has 3 aromatic carbocycles. The Morgan fingerprint density at radius 1 is 0.915 bits per heavy atom. The lowest BCUT2D eigenvalue weighted by Crippen LogP contribution is -2.65. The fourth-order valence-corrected chi connectivity index (χ4v) is 5.99. The lowest BCUT2D eigenvalue weighted by Gasteiger charge is -2.47. The van der Waals surface area contributed by atoms with Crippen molar-refractivity contribution in [2.45, 2.75) is 64.0 Å². The second kappa shape index (κ2) is 13.1. The predicted octanol–water partition coefficient (Wildman–Crippen LogP) is 6.02. The quantitative estimate of drug-likeness (QED) is 0.147. The number of nitrogens with one attached hydrogen (secondary N) is 1. The molecular weight excluding hydrogens is 602 g/mol. The van der Waals surface area contributed by atoms with Gasteiger partial charge in [0, 0.05) is 18.4 Å². The van der Waals surface area contributed by atoms with Gasteiger partial charge in [0.15, 0.2) is 12.2 Å². The first-order valence-corrected chi connectivity index (χ1v) is 15.3. The number of H-pyrrole nitrogens is 1. The molecule has 47 heavy (non-hydrogen) atoms. The molecule has 4 atom stereocenters. The lowest BCUT2D eigenvalue weighted by molar-refractivity contribution is -0.305. The van der Waals surface area contributed by atoms with Gasteiger partial charge in [-0.1, -0.05) is 60.7 Å². The molecule has 5 aromatic rings. The van der Waals surface area contributed by atoms with E-state index in [2.05, 4.69) is 4.98 Å². The van der Waals surface area contributed by atoms with E-state index >= 15 is 0 Å². The standard InChI is InChI=1S/C37H37NO9/c1-21-16-18-26(38-21)35(41)46-33-30(40)36(47-37(3,4)34(33)42-5)44-27-19-17-25-28(20-29(39)45-31(25)22(27)2)43-32(23-12-8-6-9-13-23)24-14-10-7-11-15-24/h6-20,30,32-34,36,38,40H,1-5H3/t30-,33?,34-,36-/m1/s1. The highest BCUT2D eigenvalue weighted by atomic mass is 16.7. The van der Waals surface area contributed by atoms with E-state index < -0.39 is 47.9 Å². The van der Waals surface area contributed by atoms with Crippen LogP contribution < -0.4 is 15.1 Å². The Labute approximate surface area is 271 Å². The van der Waals surface area contributed by atoms with Crippen LogP contribution in [0.2, 0.25) is 0 Å². The Kier molecular flexibility index (Phi) is 8.92. The molecule has 2 aromatic heterocycles. The zero-order chi connectivity index (χ0) is 33.3. The molecule has 0 amide bonds. The molecule has 1 aliphatic heterocycles. The maximum Gasteiger partial charge on any atom is 0.355 e. The largest absolute Gasteiger partial charge is 0.480 e. The van der Waals surface area contributed by atoms with Crippen LogP contribution in [-0.2, 0) is 14.2 Å². The van der Waals surface area contributed by atoms with E-state index in [9.17, 15) is 14.7 Å². The fraction of sp³-hybridized carbons (Fsp3) is 0.297. The van der Waals surface area contributed by atoms with Gasteiger partial charge in [-0.2, -0.15) is 0 Å². The summed E-state index contributed by atoms with van der Waals surface area (Å²) in [7, 11) is 1.46. The number of carbonyl (C=O) groups excluding carboxylic acids is 1. The highest BCUT2D eigenvalue weighted by molar-refractivity contribution is 5.88. The first-order valence-electron chi connectivity index (χ1n) is 15.3. The molecule has 0 saturated carbocycles. The first kappa shape index (κ1) is 32.1. The molecule has 0 radical (unpaired) electrons. The minimum absolute atomic E-state index is 0.242. The van der Waals surface area contributed by atoms with E-state index in [1.807, 2.05) is 67.6 Å². The van der Waals surface area contributed by atoms with E-state index in [0.29, 0.717) is 22.4 Å². The number of carbonyl (C=O) groups is 1. The van der Waals surface area contributed by atoms with Crippen LogP contribution in [0.25, 0.3) is 11.0 Å². The van der Waals surface area contributed by atoms with E-state index in [1.54, 1.807) is 45.0 Å². The number of aliphatic hydroxyl groups excluding tert-OH is 1. The average molecular weight is 640 g/mol. The number of hydrogen-bond acceptors (Lipinski definition) is 9. The number of ether oxygens (including phenoxy) is 5. The molecule has 1 saturated heterocycles. The van der Waals surface area contributed by atoms with Crippen LogP contribution in [0.3, 0.4) is 0 Å². The Morgan fingerprint density at radius 3 is 2.17 bits per heavy atom. The molecule has 244 valence electrons. The molecule has 0 spiro atoms. The van der Waals surface area contributed by atoms with Crippen molar-refractivity contribution in [1.82, 2.24) is 4.98 Å². The van der Waals surface area contributed by atoms with Gasteiger partial charge in [0.2, 0.25) is 6.29 Å². The number of fused-ring (bicyclic) bond motifs is 1. The van der Waals surface area contributed by atoms with E-state index in [1.165, 1.54) is 13.2 Å². The zero-order valence-corrected chi connectivity index (χ0v) is 26.8. The smallest absolute Gasteiger partial charge is 0.355 e. The fourth-order valence-electron chi connectivity index (χ4n) is 5.99. The van der Waals surface area contributed by atoms with Crippen LogP contribution in [0.5, 0.6) is 11.5 Å². The number of aryl methyl sites for hydroxylation is 2. The van der Waals surface area contributed by atoms with Gasteiger partial charge in [0.1, 0.15) is 35.0 Å². The third-order valence-electron chi connectivity index (χ3n) is 8.33. The summed E-state index contributed by atoms with van der Waals surface area (Å²) in [6, 6.07) is 27.6. The van der Waals surface area contributed by atoms with Gasteiger partial charge in [-0.3, -0.25) is 0 Å². The first-order chi connectivity index (χ1) is 22.6. The van der Waals surface area contributed by atoms with E-state index in [0.717, 1.165) is 16.8 Å². The van der Waals surface area contributed by atoms with Crippen molar-refractivity contribution in [3.63, 3.8) is 0 Å². The third-order valence-corrected chi connectivity index (χ3v) is 8.33. The Balaban J connectivity index is 1.31. The Hall–Kier alpha value is -4.90. The molecule has 6 rings (SSSR count). The molecule has 10 heteroatoms. The molecular formula is C37H37NO9. The number of methoxy groups -OCH3 is 1. The van der Waals surface area contributed by atoms with E-state index in [4.69, 9.17) is 28.1 Å². The number of aliphatic hydroxyl groups is 1. The van der Waals surface area contributed by atoms with Crippen LogP contribution >= 0.6 is 0 Å². The summed E-state index contributed by atoms with van der Waals surface area (Å²) >= 11 is 0. The van der Waals surface area contributed by atoms with Gasteiger partial charge in [0.25, 0.3) is 0 Å². The summed E-state index contributed by atoms with van der Waals surface area (Å²) in [6.07, 6.45) is -5.12. The van der Waals surface area contributed by atoms with E-state index in [-0.39, 0.29) is 11.3 Å². The van der Waals surface area contributed by atoms with Crippen molar-refractivity contribution in [3.05, 3.63) is 129 Å². The highest BCUT2D eigenvalue weighted by Gasteiger charge is 2.53. The van der Waals surface area contributed by atoms with Crippen molar-refractivity contribution in [3.8, 4) is 11.5 Å². The van der Waals surface area contributed by atoms with Crippen molar-refractivity contribution in [1.29, 1.82) is 0 Å². The number of aromatic nitrogens is 1. The number of aromatic amines is 1. The molecule has 1 fully saturated rings. The van der Waals surface area contributed by atoms with Crippen molar-refractivity contribution in [2.24, 2.45) is 0 Å². The highest BCUT2D eigenvalue weighted by Crippen LogP contribution is 2.39. The summed E-state index contributed by atoms with van der Waals surface area (Å²) in [5.41, 5.74) is 1.98. The third kappa shape index (κ3) is 6.53. The van der Waals surface area contributed by atoms with Crippen molar-refractivity contribution in [2.75, 3.05) is 7.11 Å². The topological polar surface area (TPSA) is 129 Å². The van der Waals surface area contributed by atoms with Gasteiger partial charge >= 0.3 is 11.6 Å². The maximum atomic E-state index is 13.0. The number of esters is 1. The summed E-state index contributed by atoms with van der Waals surface area (Å²) < 4.78 is 36.0. The molecule has 10 nitrogen and oxygen atoms in total. The minimum Gasteiger partial charge on any atom is -0.480 e. The van der Waals surface area contributed by atoms with Crippen LogP contribution in [0.4, 0.5) is 0 Å². The van der Waals surface area contributed by atoms with Gasteiger partial charge in [0.05, 0.1) is 17.1 Å². The second-order valence-electron chi connectivity index (χ2n) is 12.1. The predicted molar refractivity (Wildman–Crippen MR) is 174 cm³/mol. The van der Waals surface area contributed by atoms with Gasteiger partial charge < -0.3 is 38.2 Å². The molecule has 0 bridgehead atoms. The molecule has 2 N–H and O–H groups in total. The SMILES string of the molecule is CO[C@@H]1C(OC(=O)c2ccc(C)[nH]2)[C@@H](O)[C@H](Oc2ccc3c(OC(c4ccccc4)c4ccccc4)cc(=O)oc3c2C)OC1(C)C. The average Bonchev–Trinajstić information content (AvgIpc) is 3.50. The monoisotopic (exact) mass is 639 g/mol. The second-order valence-corrected chi connectivity index (χ2v) is 12.1.